The molecule has 8 heteroatoms. The smallest absolute Gasteiger partial charge is 0.333 e. The summed E-state index contributed by atoms with van der Waals surface area (Å²) in [6.07, 6.45) is -0.0801. The molecule has 0 radical (unpaired) electrons. The number of nitro groups is 1. The first-order valence-corrected chi connectivity index (χ1v) is 6.49. The summed E-state index contributed by atoms with van der Waals surface area (Å²) in [6.45, 7) is 7.86. The average Bonchev–Trinajstić information content (AvgIpc) is 2.65. The maximum Gasteiger partial charge on any atom is 0.333 e. The van der Waals surface area contributed by atoms with Gasteiger partial charge in [0.2, 0.25) is 5.82 Å². The quantitative estimate of drug-likeness (QED) is 0.605. The second-order valence-electron chi connectivity index (χ2n) is 4.76. The molecule has 0 amide bonds. The zero-order valence-electron chi connectivity index (χ0n) is 12.2. The first kappa shape index (κ1) is 15.9. The predicted octanol–water partition coefficient (Wildman–Crippen LogP) is 1.81. The van der Waals surface area contributed by atoms with E-state index >= 15 is 0 Å². The highest BCUT2D eigenvalue weighted by Crippen LogP contribution is 2.32. The number of aromatic nitrogens is 2. The molecule has 0 unspecified atom stereocenters. The van der Waals surface area contributed by atoms with E-state index < -0.39 is 10.9 Å². The van der Waals surface area contributed by atoms with Crippen molar-refractivity contribution in [1.82, 2.24) is 9.78 Å². The number of carbonyl (C=O) groups is 1. The Kier molecular flexibility index (Phi) is 5.06. The number of carboxylic acids is 1. The predicted molar refractivity (Wildman–Crippen MR) is 74.0 cm³/mol. The van der Waals surface area contributed by atoms with Crippen LogP contribution in [0, 0.1) is 17.0 Å². The Morgan fingerprint density at radius 1 is 1.55 bits per heavy atom. The summed E-state index contributed by atoms with van der Waals surface area (Å²) < 4.78 is 1.55. The normalized spacial score (nSPS) is 10.8. The van der Waals surface area contributed by atoms with Crippen LogP contribution in [-0.2, 0) is 11.3 Å². The number of nitrogens with zero attached hydrogens (tertiary/aromatic N) is 4. The van der Waals surface area contributed by atoms with E-state index in [0.717, 1.165) is 0 Å². The van der Waals surface area contributed by atoms with Crippen LogP contribution in [0.1, 0.15) is 32.9 Å². The molecule has 0 aliphatic heterocycles. The second kappa shape index (κ2) is 6.36. The van der Waals surface area contributed by atoms with Crippen molar-refractivity contribution < 1.29 is 14.8 Å². The molecule has 0 atom stereocenters. The number of aryl methyl sites for hydroxylation is 2. The summed E-state index contributed by atoms with van der Waals surface area (Å²) >= 11 is 0. The highest BCUT2D eigenvalue weighted by molar-refractivity contribution is 5.68. The first-order chi connectivity index (χ1) is 9.29. The molecule has 1 aromatic heterocycles. The van der Waals surface area contributed by atoms with E-state index in [4.69, 9.17) is 5.11 Å². The third-order valence-corrected chi connectivity index (χ3v) is 3.01. The molecule has 0 aliphatic rings. The van der Waals surface area contributed by atoms with E-state index in [1.54, 1.807) is 16.5 Å². The lowest BCUT2D eigenvalue weighted by Crippen LogP contribution is -2.35. The molecule has 8 nitrogen and oxygen atoms in total. The van der Waals surface area contributed by atoms with Gasteiger partial charge in [-0.25, -0.2) is 4.68 Å². The van der Waals surface area contributed by atoms with Crippen molar-refractivity contribution in [2.75, 3.05) is 11.4 Å². The molecular formula is C12H20N4O4. The van der Waals surface area contributed by atoms with Crippen molar-refractivity contribution in [2.45, 2.75) is 46.7 Å². The van der Waals surface area contributed by atoms with Gasteiger partial charge >= 0.3 is 11.7 Å². The van der Waals surface area contributed by atoms with Crippen molar-refractivity contribution in [2.24, 2.45) is 0 Å². The van der Waals surface area contributed by atoms with Gasteiger partial charge in [0.15, 0.2) is 0 Å². The molecule has 0 aromatic carbocycles. The number of hydrogen-bond acceptors (Lipinski definition) is 5. The minimum absolute atomic E-state index is 0.0501. The monoisotopic (exact) mass is 284 g/mol. The number of carboxylic acid groups (broad SMARTS) is 1. The van der Waals surface area contributed by atoms with Gasteiger partial charge in [-0.05, 0) is 27.7 Å². The van der Waals surface area contributed by atoms with Gasteiger partial charge in [-0.2, -0.15) is 5.10 Å². The molecule has 0 saturated carbocycles. The topological polar surface area (TPSA) is 101 Å². The van der Waals surface area contributed by atoms with Crippen LogP contribution in [0.2, 0.25) is 0 Å². The van der Waals surface area contributed by atoms with E-state index in [0.29, 0.717) is 18.1 Å². The molecule has 0 spiro atoms. The standard InChI is InChI=1S/C12H20N4O4/c1-5-15-12(11(16(19)20)9(4)13-15)14(8(2)3)7-6-10(17)18/h8H,5-7H2,1-4H3,(H,17,18). The summed E-state index contributed by atoms with van der Waals surface area (Å²) in [6, 6.07) is -0.0607. The maximum atomic E-state index is 11.2. The Labute approximate surface area is 117 Å². The highest BCUT2D eigenvalue weighted by atomic mass is 16.6. The van der Waals surface area contributed by atoms with E-state index in [1.165, 1.54) is 0 Å². The molecule has 1 N–H and O–H groups in total. The van der Waals surface area contributed by atoms with Crippen molar-refractivity contribution in [3.63, 3.8) is 0 Å². The van der Waals surface area contributed by atoms with E-state index in [1.807, 2.05) is 20.8 Å². The van der Waals surface area contributed by atoms with Crippen LogP contribution in [0.5, 0.6) is 0 Å². The fraction of sp³-hybridized carbons (Fsp3) is 0.667. The molecule has 1 heterocycles. The van der Waals surface area contributed by atoms with Gasteiger partial charge in [-0.3, -0.25) is 14.9 Å². The average molecular weight is 284 g/mol. The maximum absolute atomic E-state index is 11.2. The summed E-state index contributed by atoms with van der Waals surface area (Å²) in [5.41, 5.74) is 0.291. The lowest BCUT2D eigenvalue weighted by atomic mass is 10.2. The highest BCUT2D eigenvalue weighted by Gasteiger charge is 2.30. The number of anilines is 1. The van der Waals surface area contributed by atoms with Crippen LogP contribution in [0.3, 0.4) is 0 Å². The summed E-state index contributed by atoms with van der Waals surface area (Å²) in [5.74, 6) is -0.552. The van der Waals surface area contributed by atoms with Gasteiger partial charge < -0.3 is 10.0 Å². The Morgan fingerprint density at radius 3 is 2.55 bits per heavy atom. The molecule has 1 rings (SSSR count). The van der Waals surface area contributed by atoms with Gasteiger partial charge in [0.05, 0.1) is 11.3 Å². The molecule has 112 valence electrons. The van der Waals surface area contributed by atoms with Crippen molar-refractivity contribution in [3.8, 4) is 0 Å². The van der Waals surface area contributed by atoms with Crippen LogP contribution in [-0.4, -0.2) is 38.4 Å². The molecule has 0 fully saturated rings. The fourth-order valence-electron chi connectivity index (χ4n) is 2.10. The van der Waals surface area contributed by atoms with Crippen LogP contribution in [0.4, 0.5) is 11.5 Å². The Bertz CT molecular complexity index is 510. The second-order valence-corrected chi connectivity index (χ2v) is 4.76. The minimum Gasteiger partial charge on any atom is -0.481 e. The fourth-order valence-corrected chi connectivity index (χ4v) is 2.10. The zero-order valence-corrected chi connectivity index (χ0v) is 12.2. The Hall–Kier alpha value is -2.12. The summed E-state index contributed by atoms with van der Waals surface area (Å²) in [4.78, 5) is 23.3. The molecule has 1 aromatic rings. The van der Waals surface area contributed by atoms with Gasteiger partial charge in [0, 0.05) is 19.1 Å². The lowest BCUT2D eigenvalue weighted by molar-refractivity contribution is -0.384. The summed E-state index contributed by atoms with van der Waals surface area (Å²) in [5, 5.41) is 24.2. The Morgan fingerprint density at radius 2 is 2.15 bits per heavy atom. The van der Waals surface area contributed by atoms with Crippen molar-refractivity contribution in [1.29, 1.82) is 0 Å². The lowest BCUT2D eigenvalue weighted by Gasteiger charge is -2.27. The zero-order chi connectivity index (χ0) is 15.4. The third-order valence-electron chi connectivity index (χ3n) is 3.01. The van der Waals surface area contributed by atoms with Gasteiger partial charge in [0.25, 0.3) is 0 Å². The first-order valence-electron chi connectivity index (χ1n) is 6.49. The number of rotatable bonds is 7. The van der Waals surface area contributed by atoms with Gasteiger partial charge in [-0.15, -0.1) is 0 Å². The van der Waals surface area contributed by atoms with Gasteiger partial charge in [0.1, 0.15) is 5.69 Å². The largest absolute Gasteiger partial charge is 0.481 e. The number of aliphatic carboxylic acids is 1. The van der Waals surface area contributed by atoms with E-state index in [9.17, 15) is 14.9 Å². The molecule has 0 saturated heterocycles. The van der Waals surface area contributed by atoms with Gasteiger partial charge in [-0.1, -0.05) is 0 Å². The third kappa shape index (κ3) is 3.25. The van der Waals surface area contributed by atoms with E-state index in [-0.39, 0.29) is 24.7 Å². The molecule has 20 heavy (non-hydrogen) atoms. The molecule has 0 bridgehead atoms. The molecular weight excluding hydrogens is 264 g/mol. The van der Waals surface area contributed by atoms with Crippen LogP contribution >= 0.6 is 0 Å². The van der Waals surface area contributed by atoms with Crippen LogP contribution in [0.15, 0.2) is 0 Å². The minimum atomic E-state index is -0.933. The van der Waals surface area contributed by atoms with Crippen LogP contribution < -0.4 is 4.90 Å². The van der Waals surface area contributed by atoms with Crippen molar-refractivity contribution in [3.05, 3.63) is 15.8 Å². The van der Waals surface area contributed by atoms with Crippen LogP contribution in [0.25, 0.3) is 0 Å². The Balaban J connectivity index is 3.30. The van der Waals surface area contributed by atoms with Crippen molar-refractivity contribution >= 4 is 17.5 Å². The number of hydrogen-bond donors (Lipinski definition) is 1. The SMILES string of the molecule is CCn1nc(C)c([N+](=O)[O-])c1N(CCC(=O)O)C(C)C. The summed E-state index contributed by atoms with van der Waals surface area (Å²) in [7, 11) is 0. The molecule has 0 aliphatic carbocycles. The van der Waals surface area contributed by atoms with E-state index in [2.05, 4.69) is 5.10 Å².